The van der Waals surface area contributed by atoms with E-state index in [9.17, 15) is 4.79 Å². The number of hydrogen-bond donors (Lipinski definition) is 2. The molecule has 0 radical (unpaired) electrons. The Balaban J connectivity index is 2.14. The second-order valence-electron chi connectivity index (χ2n) is 4.49. The van der Waals surface area contributed by atoms with Crippen molar-refractivity contribution in [2.75, 3.05) is 17.2 Å². The molecule has 1 amide bonds. The first kappa shape index (κ1) is 14.0. The van der Waals surface area contributed by atoms with Crippen LogP contribution in [0.5, 0.6) is 0 Å². The summed E-state index contributed by atoms with van der Waals surface area (Å²) in [4.78, 5) is 20.4. The molecule has 2 rings (SSSR count). The Hall–Kier alpha value is -2.43. The van der Waals surface area contributed by atoms with Crippen molar-refractivity contribution in [2.45, 2.75) is 20.3 Å². The van der Waals surface area contributed by atoms with E-state index in [1.165, 1.54) is 0 Å². The van der Waals surface area contributed by atoms with Crippen molar-refractivity contribution in [3.8, 4) is 0 Å². The van der Waals surface area contributed by atoms with Crippen LogP contribution in [0.15, 0.2) is 36.8 Å². The van der Waals surface area contributed by atoms with E-state index in [0.717, 1.165) is 24.3 Å². The highest BCUT2D eigenvalue weighted by molar-refractivity contribution is 6.07. The van der Waals surface area contributed by atoms with E-state index in [1.54, 1.807) is 24.7 Å². The molecule has 0 bridgehead atoms. The van der Waals surface area contributed by atoms with Gasteiger partial charge in [-0.05, 0) is 31.5 Å². The molecule has 2 N–H and O–H groups in total. The average molecular weight is 270 g/mol. The third-order valence-corrected chi connectivity index (χ3v) is 2.80. The number of nitrogens with one attached hydrogen (secondary N) is 2. The summed E-state index contributed by atoms with van der Waals surface area (Å²) in [5, 5.41) is 6.04. The largest absolute Gasteiger partial charge is 0.384 e. The fourth-order valence-electron chi connectivity index (χ4n) is 1.73. The maximum absolute atomic E-state index is 12.3. The molecule has 0 atom stereocenters. The molecule has 0 saturated carbocycles. The highest BCUT2D eigenvalue weighted by atomic mass is 16.1. The third-order valence-electron chi connectivity index (χ3n) is 2.80. The summed E-state index contributed by atoms with van der Waals surface area (Å²) in [6.45, 7) is 4.79. The highest BCUT2D eigenvalue weighted by Crippen LogP contribution is 2.16. The molecule has 0 fully saturated rings. The molecule has 5 nitrogen and oxygen atoms in total. The van der Waals surface area contributed by atoms with E-state index >= 15 is 0 Å². The Labute approximate surface area is 118 Å². The van der Waals surface area contributed by atoms with Gasteiger partial charge in [-0.1, -0.05) is 6.92 Å². The van der Waals surface area contributed by atoms with Gasteiger partial charge in [-0.2, -0.15) is 0 Å². The number of hydrogen-bond acceptors (Lipinski definition) is 4. The first-order chi connectivity index (χ1) is 9.70. The van der Waals surface area contributed by atoms with Crippen molar-refractivity contribution in [1.29, 1.82) is 0 Å². The van der Waals surface area contributed by atoms with Crippen LogP contribution >= 0.6 is 0 Å². The smallest absolute Gasteiger partial charge is 0.259 e. The number of carbonyl (C=O) groups is 1. The predicted octanol–water partition coefficient (Wildman–Crippen LogP) is 2.86. The van der Waals surface area contributed by atoms with E-state index < -0.39 is 0 Å². The number of aryl methyl sites for hydroxylation is 1. The quantitative estimate of drug-likeness (QED) is 0.876. The lowest BCUT2D eigenvalue weighted by Crippen LogP contribution is -2.15. The van der Waals surface area contributed by atoms with Crippen LogP contribution in [-0.4, -0.2) is 22.4 Å². The molecule has 104 valence electrons. The number of pyridine rings is 2. The van der Waals surface area contributed by atoms with Crippen LogP contribution in [0.1, 0.15) is 29.4 Å². The van der Waals surface area contributed by atoms with Gasteiger partial charge in [0.2, 0.25) is 0 Å². The van der Waals surface area contributed by atoms with E-state index in [2.05, 4.69) is 27.5 Å². The molecule has 0 aliphatic heterocycles. The standard InChI is InChI=1S/C15H18N4O/c1-3-7-17-14-6-8-16-10-13(14)15(20)19-12-5-4-11(2)18-9-12/h4-6,8-10H,3,7H2,1-2H3,(H,16,17)(H,19,20). The lowest BCUT2D eigenvalue weighted by molar-refractivity contribution is 0.102. The van der Waals surface area contributed by atoms with E-state index in [-0.39, 0.29) is 5.91 Å². The first-order valence-electron chi connectivity index (χ1n) is 6.62. The molecule has 0 aromatic carbocycles. The van der Waals surface area contributed by atoms with E-state index in [1.807, 2.05) is 19.1 Å². The summed E-state index contributed by atoms with van der Waals surface area (Å²) in [5.41, 5.74) is 2.90. The molecule has 0 aliphatic rings. The lowest BCUT2D eigenvalue weighted by Gasteiger charge is -2.11. The third kappa shape index (κ3) is 3.54. The minimum Gasteiger partial charge on any atom is -0.384 e. The lowest BCUT2D eigenvalue weighted by atomic mass is 10.2. The zero-order valence-corrected chi connectivity index (χ0v) is 11.7. The van der Waals surface area contributed by atoms with Crippen LogP contribution in [-0.2, 0) is 0 Å². The molecule has 2 aromatic rings. The second kappa shape index (κ2) is 6.65. The van der Waals surface area contributed by atoms with Crippen LogP contribution < -0.4 is 10.6 Å². The molecule has 0 spiro atoms. The maximum atomic E-state index is 12.3. The number of carbonyl (C=O) groups excluding carboxylic acids is 1. The Bertz CT molecular complexity index is 581. The van der Waals surface area contributed by atoms with Crippen LogP contribution in [0, 0.1) is 6.92 Å². The number of nitrogens with zero attached hydrogens (tertiary/aromatic N) is 2. The van der Waals surface area contributed by atoms with Crippen molar-refractivity contribution in [3.05, 3.63) is 48.0 Å². The van der Waals surface area contributed by atoms with Gasteiger partial charge in [-0.15, -0.1) is 0 Å². The van der Waals surface area contributed by atoms with Gasteiger partial charge in [-0.3, -0.25) is 14.8 Å². The summed E-state index contributed by atoms with van der Waals surface area (Å²) in [5.74, 6) is -0.192. The SMILES string of the molecule is CCCNc1ccncc1C(=O)Nc1ccc(C)nc1. The number of amides is 1. The Morgan fingerprint density at radius 3 is 2.80 bits per heavy atom. The summed E-state index contributed by atoms with van der Waals surface area (Å²) >= 11 is 0. The molecule has 0 aliphatic carbocycles. The van der Waals surface area contributed by atoms with Crippen molar-refractivity contribution in [1.82, 2.24) is 9.97 Å². The van der Waals surface area contributed by atoms with Crippen molar-refractivity contribution in [3.63, 3.8) is 0 Å². The number of rotatable bonds is 5. The Morgan fingerprint density at radius 2 is 2.10 bits per heavy atom. The van der Waals surface area contributed by atoms with Gasteiger partial charge in [0.15, 0.2) is 0 Å². The first-order valence-corrected chi connectivity index (χ1v) is 6.62. The van der Waals surface area contributed by atoms with Crippen LogP contribution in [0.2, 0.25) is 0 Å². The molecule has 0 saturated heterocycles. The summed E-state index contributed by atoms with van der Waals surface area (Å²) in [6.07, 6.45) is 5.87. The minimum absolute atomic E-state index is 0.192. The average Bonchev–Trinajstić information content (AvgIpc) is 2.47. The van der Waals surface area contributed by atoms with Gasteiger partial charge < -0.3 is 10.6 Å². The van der Waals surface area contributed by atoms with Crippen molar-refractivity contribution in [2.24, 2.45) is 0 Å². The molecule has 5 heteroatoms. The fourth-order valence-corrected chi connectivity index (χ4v) is 1.73. The van der Waals surface area contributed by atoms with Gasteiger partial charge >= 0.3 is 0 Å². The van der Waals surface area contributed by atoms with Gasteiger partial charge in [-0.25, -0.2) is 0 Å². The maximum Gasteiger partial charge on any atom is 0.259 e. The molecule has 0 unspecified atom stereocenters. The predicted molar refractivity (Wildman–Crippen MR) is 79.9 cm³/mol. The van der Waals surface area contributed by atoms with Crippen LogP contribution in [0.25, 0.3) is 0 Å². The summed E-state index contributed by atoms with van der Waals surface area (Å²) in [7, 11) is 0. The monoisotopic (exact) mass is 270 g/mol. The van der Waals surface area contributed by atoms with E-state index in [0.29, 0.717) is 11.3 Å². The number of aromatic nitrogens is 2. The Kier molecular flexibility index (Phi) is 4.65. The molecule has 2 aromatic heterocycles. The molecular weight excluding hydrogens is 252 g/mol. The molecule has 20 heavy (non-hydrogen) atoms. The van der Waals surface area contributed by atoms with Gasteiger partial charge in [0, 0.05) is 24.6 Å². The Morgan fingerprint density at radius 1 is 1.25 bits per heavy atom. The summed E-state index contributed by atoms with van der Waals surface area (Å²) in [6, 6.07) is 5.49. The highest BCUT2D eigenvalue weighted by Gasteiger charge is 2.11. The van der Waals surface area contributed by atoms with Gasteiger partial charge in [0.25, 0.3) is 5.91 Å². The molecule has 2 heterocycles. The molecular formula is C15H18N4O. The van der Waals surface area contributed by atoms with Crippen molar-refractivity contribution >= 4 is 17.3 Å². The van der Waals surface area contributed by atoms with Crippen LogP contribution in [0.3, 0.4) is 0 Å². The summed E-state index contributed by atoms with van der Waals surface area (Å²) < 4.78 is 0. The van der Waals surface area contributed by atoms with Crippen LogP contribution in [0.4, 0.5) is 11.4 Å². The van der Waals surface area contributed by atoms with Crippen molar-refractivity contribution < 1.29 is 4.79 Å². The second-order valence-corrected chi connectivity index (χ2v) is 4.49. The van der Waals surface area contributed by atoms with Gasteiger partial charge in [0.05, 0.1) is 23.1 Å². The minimum atomic E-state index is -0.192. The zero-order valence-electron chi connectivity index (χ0n) is 11.7. The normalized spacial score (nSPS) is 10.1. The van der Waals surface area contributed by atoms with E-state index in [4.69, 9.17) is 0 Å². The topological polar surface area (TPSA) is 66.9 Å². The fraction of sp³-hybridized carbons (Fsp3) is 0.267. The van der Waals surface area contributed by atoms with Gasteiger partial charge in [0.1, 0.15) is 0 Å². The zero-order chi connectivity index (χ0) is 14.4. The number of anilines is 2.